The second kappa shape index (κ2) is 5.80. The molecule has 1 aromatic carbocycles. The molecule has 102 valence electrons. The van der Waals surface area contributed by atoms with Gasteiger partial charge in [-0.15, -0.1) is 11.8 Å². The lowest BCUT2D eigenvalue weighted by molar-refractivity contribution is 0.421. The molecule has 4 heteroatoms. The van der Waals surface area contributed by atoms with Crippen molar-refractivity contribution in [2.75, 3.05) is 6.26 Å². The molecule has 3 nitrogen and oxygen atoms in total. The van der Waals surface area contributed by atoms with E-state index in [1.165, 1.54) is 4.90 Å². The fraction of sp³-hybridized carbons (Fsp3) is 0.400. The Kier molecular flexibility index (Phi) is 4.32. The maximum Gasteiger partial charge on any atom is 0.226 e. The van der Waals surface area contributed by atoms with Gasteiger partial charge >= 0.3 is 0 Å². The quantitative estimate of drug-likeness (QED) is 0.858. The summed E-state index contributed by atoms with van der Waals surface area (Å²) in [7, 11) is 0. The van der Waals surface area contributed by atoms with Crippen LogP contribution in [0.5, 0.6) is 0 Å². The topological polar surface area (TPSA) is 38.1 Å². The van der Waals surface area contributed by atoms with Crippen molar-refractivity contribution in [1.82, 2.24) is 10.3 Å². The van der Waals surface area contributed by atoms with Crippen LogP contribution in [0.15, 0.2) is 39.8 Å². The molecule has 0 radical (unpaired) electrons. The molecule has 0 aliphatic heterocycles. The van der Waals surface area contributed by atoms with E-state index in [1.807, 2.05) is 12.1 Å². The molecule has 0 spiro atoms. The highest BCUT2D eigenvalue weighted by molar-refractivity contribution is 7.98. The number of hydrogen-bond acceptors (Lipinski definition) is 4. The Morgan fingerprint density at radius 2 is 1.89 bits per heavy atom. The molecule has 0 unspecified atom stereocenters. The summed E-state index contributed by atoms with van der Waals surface area (Å²) in [6, 6.07) is 8.24. The fourth-order valence-electron chi connectivity index (χ4n) is 1.61. The number of rotatable bonds is 4. The van der Waals surface area contributed by atoms with E-state index in [-0.39, 0.29) is 5.54 Å². The Bertz CT molecular complexity index is 526. The lowest BCUT2D eigenvalue weighted by atomic mass is 10.1. The molecule has 0 aliphatic rings. The molecule has 0 fully saturated rings. The van der Waals surface area contributed by atoms with Gasteiger partial charge in [0.1, 0.15) is 6.26 Å². The summed E-state index contributed by atoms with van der Waals surface area (Å²) >= 11 is 1.73. The van der Waals surface area contributed by atoms with Crippen LogP contribution in [0.1, 0.15) is 26.5 Å². The van der Waals surface area contributed by atoms with Crippen molar-refractivity contribution in [3.63, 3.8) is 0 Å². The third-order valence-corrected chi connectivity index (χ3v) is 3.43. The minimum absolute atomic E-state index is 0.0825. The van der Waals surface area contributed by atoms with Crippen molar-refractivity contribution in [3.8, 4) is 11.5 Å². The second-order valence-electron chi connectivity index (χ2n) is 5.48. The van der Waals surface area contributed by atoms with Crippen molar-refractivity contribution in [2.24, 2.45) is 0 Å². The van der Waals surface area contributed by atoms with Crippen LogP contribution >= 0.6 is 11.8 Å². The van der Waals surface area contributed by atoms with Gasteiger partial charge < -0.3 is 9.73 Å². The van der Waals surface area contributed by atoms with E-state index < -0.39 is 0 Å². The predicted octanol–water partition coefficient (Wildman–Crippen LogP) is 3.95. The maximum absolute atomic E-state index is 5.53. The summed E-state index contributed by atoms with van der Waals surface area (Å²) in [5.74, 6) is 0.679. The number of hydrogen-bond donors (Lipinski definition) is 1. The van der Waals surface area contributed by atoms with Gasteiger partial charge in [-0.25, -0.2) is 4.98 Å². The molecule has 0 saturated carbocycles. The minimum Gasteiger partial charge on any atom is -0.444 e. The number of aromatic nitrogens is 1. The highest BCUT2D eigenvalue weighted by Gasteiger charge is 2.11. The number of oxazole rings is 1. The minimum atomic E-state index is 0.0825. The Morgan fingerprint density at radius 1 is 1.21 bits per heavy atom. The standard InChI is InChI=1S/C15H20N2OS/c1-15(2,3)16-9-12-10-18-14(17-12)11-5-7-13(19-4)8-6-11/h5-8,10,16H,9H2,1-4H3. The Hall–Kier alpha value is -1.26. The average Bonchev–Trinajstić information content (AvgIpc) is 2.84. The van der Waals surface area contributed by atoms with Crippen molar-refractivity contribution < 1.29 is 4.42 Å². The lowest BCUT2D eigenvalue weighted by Crippen LogP contribution is -2.35. The van der Waals surface area contributed by atoms with E-state index >= 15 is 0 Å². The monoisotopic (exact) mass is 276 g/mol. The van der Waals surface area contributed by atoms with E-state index in [4.69, 9.17) is 4.42 Å². The highest BCUT2D eigenvalue weighted by atomic mass is 32.2. The molecule has 0 amide bonds. The Morgan fingerprint density at radius 3 is 2.47 bits per heavy atom. The van der Waals surface area contributed by atoms with Gasteiger partial charge in [0.05, 0.1) is 5.69 Å². The first-order valence-electron chi connectivity index (χ1n) is 6.32. The summed E-state index contributed by atoms with van der Waals surface area (Å²) in [4.78, 5) is 5.74. The van der Waals surface area contributed by atoms with Gasteiger partial charge in [-0.3, -0.25) is 0 Å². The predicted molar refractivity (Wildman–Crippen MR) is 80.3 cm³/mol. The summed E-state index contributed by atoms with van der Waals surface area (Å²) in [5, 5.41) is 3.40. The fourth-order valence-corrected chi connectivity index (χ4v) is 2.02. The molecular formula is C15H20N2OS. The van der Waals surface area contributed by atoms with Crippen LogP contribution in [0, 0.1) is 0 Å². The maximum atomic E-state index is 5.53. The van der Waals surface area contributed by atoms with E-state index in [0.717, 1.165) is 17.8 Å². The first-order valence-corrected chi connectivity index (χ1v) is 7.54. The van der Waals surface area contributed by atoms with E-state index in [9.17, 15) is 0 Å². The normalized spacial score (nSPS) is 11.8. The van der Waals surface area contributed by atoms with Gasteiger partial charge in [0.2, 0.25) is 5.89 Å². The summed E-state index contributed by atoms with van der Waals surface area (Å²) in [6.07, 6.45) is 3.78. The number of thioether (sulfide) groups is 1. The van der Waals surface area contributed by atoms with Crippen molar-refractivity contribution >= 4 is 11.8 Å². The van der Waals surface area contributed by atoms with E-state index in [2.05, 4.69) is 49.5 Å². The van der Waals surface area contributed by atoms with Crippen LogP contribution in [-0.4, -0.2) is 16.8 Å². The van der Waals surface area contributed by atoms with Gasteiger partial charge in [0.25, 0.3) is 0 Å². The van der Waals surface area contributed by atoms with Crippen molar-refractivity contribution in [3.05, 3.63) is 36.2 Å². The van der Waals surface area contributed by atoms with E-state index in [0.29, 0.717) is 5.89 Å². The van der Waals surface area contributed by atoms with Crippen LogP contribution < -0.4 is 5.32 Å². The molecule has 19 heavy (non-hydrogen) atoms. The summed E-state index contributed by atoms with van der Waals surface area (Å²) < 4.78 is 5.53. The SMILES string of the molecule is CSc1ccc(-c2nc(CNC(C)(C)C)co2)cc1. The van der Waals surface area contributed by atoms with Crippen LogP contribution in [0.2, 0.25) is 0 Å². The molecular weight excluding hydrogens is 256 g/mol. The zero-order chi connectivity index (χ0) is 13.9. The van der Waals surface area contributed by atoms with Gasteiger partial charge in [-0.2, -0.15) is 0 Å². The second-order valence-corrected chi connectivity index (χ2v) is 6.36. The number of nitrogens with zero attached hydrogens (tertiary/aromatic N) is 1. The van der Waals surface area contributed by atoms with E-state index in [1.54, 1.807) is 18.0 Å². The number of benzene rings is 1. The van der Waals surface area contributed by atoms with Gasteiger partial charge in [0, 0.05) is 22.5 Å². The molecule has 2 aromatic rings. The molecule has 1 aromatic heterocycles. The molecule has 1 heterocycles. The third-order valence-electron chi connectivity index (χ3n) is 2.69. The highest BCUT2D eigenvalue weighted by Crippen LogP contribution is 2.22. The Balaban J connectivity index is 2.07. The first kappa shape index (κ1) is 14.2. The molecule has 0 saturated heterocycles. The first-order chi connectivity index (χ1) is 8.98. The van der Waals surface area contributed by atoms with Gasteiger partial charge in [-0.05, 0) is 51.3 Å². The average molecular weight is 276 g/mol. The Labute approximate surface area is 118 Å². The van der Waals surface area contributed by atoms with Crippen LogP contribution in [0.4, 0.5) is 0 Å². The molecule has 2 rings (SSSR count). The zero-order valence-electron chi connectivity index (χ0n) is 11.9. The van der Waals surface area contributed by atoms with Crippen LogP contribution in [-0.2, 0) is 6.54 Å². The smallest absolute Gasteiger partial charge is 0.226 e. The summed E-state index contributed by atoms with van der Waals surface area (Å²) in [5.41, 5.74) is 2.03. The van der Waals surface area contributed by atoms with Crippen LogP contribution in [0.3, 0.4) is 0 Å². The molecule has 0 atom stereocenters. The third kappa shape index (κ3) is 4.11. The lowest BCUT2D eigenvalue weighted by Gasteiger charge is -2.19. The summed E-state index contributed by atoms with van der Waals surface area (Å²) in [6.45, 7) is 7.12. The van der Waals surface area contributed by atoms with Crippen molar-refractivity contribution in [1.29, 1.82) is 0 Å². The van der Waals surface area contributed by atoms with Crippen molar-refractivity contribution in [2.45, 2.75) is 37.8 Å². The van der Waals surface area contributed by atoms with Gasteiger partial charge in [0.15, 0.2) is 0 Å². The van der Waals surface area contributed by atoms with Crippen LogP contribution in [0.25, 0.3) is 11.5 Å². The largest absolute Gasteiger partial charge is 0.444 e. The molecule has 0 aliphatic carbocycles. The molecule has 1 N–H and O–H groups in total. The van der Waals surface area contributed by atoms with Gasteiger partial charge in [-0.1, -0.05) is 0 Å². The number of nitrogens with one attached hydrogen (secondary N) is 1. The molecule has 0 bridgehead atoms. The zero-order valence-corrected chi connectivity index (χ0v) is 12.7.